The number of aromatic amines is 1. The molecule has 0 bridgehead atoms. The highest BCUT2D eigenvalue weighted by Crippen LogP contribution is 2.04. The lowest BCUT2D eigenvalue weighted by Gasteiger charge is -2.03. The Morgan fingerprint density at radius 2 is 2.09 bits per heavy atom. The molecule has 2 heterocycles. The van der Waals surface area contributed by atoms with Crippen molar-refractivity contribution >= 4 is 11.4 Å². The van der Waals surface area contributed by atoms with Crippen LogP contribution < -0.4 is 10.9 Å². The Kier molecular flexibility index (Phi) is 4.18. The van der Waals surface area contributed by atoms with Crippen molar-refractivity contribution in [2.24, 2.45) is 0 Å². The molecule has 0 radical (unpaired) electrons. The first-order valence-electron chi connectivity index (χ1n) is 7.42. The highest BCUT2D eigenvalue weighted by Gasteiger charge is 2.17. The zero-order valence-electron chi connectivity index (χ0n) is 12.7. The van der Waals surface area contributed by atoms with E-state index in [1.807, 2.05) is 18.2 Å². The Hall–Kier alpha value is -2.96. The van der Waals surface area contributed by atoms with E-state index in [0.29, 0.717) is 12.2 Å². The van der Waals surface area contributed by atoms with Gasteiger partial charge < -0.3 is 10.3 Å². The van der Waals surface area contributed by atoms with Crippen molar-refractivity contribution in [3.05, 3.63) is 63.8 Å². The fourth-order valence-electron chi connectivity index (χ4n) is 2.43. The molecule has 0 saturated heterocycles. The summed E-state index contributed by atoms with van der Waals surface area (Å²) in [5.74, 6) is -0.387. The standard InChI is InChI=1S/C16H17N5O2/c1-11-10-21-14(16(23)18-11)13(19-20-21)15(22)17-9-5-8-12-6-3-2-4-7-12/h2-4,6-7,10H,5,8-9H2,1H3,(H,17,22)(H,18,23). The molecule has 1 aromatic carbocycles. The van der Waals surface area contributed by atoms with Crippen molar-refractivity contribution in [1.82, 2.24) is 25.1 Å². The van der Waals surface area contributed by atoms with Crippen LogP contribution in [0.4, 0.5) is 0 Å². The lowest BCUT2D eigenvalue weighted by atomic mass is 10.1. The van der Waals surface area contributed by atoms with Gasteiger partial charge in [-0.2, -0.15) is 0 Å². The zero-order chi connectivity index (χ0) is 16.2. The fraction of sp³-hybridized carbons (Fsp3) is 0.250. The van der Waals surface area contributed by atoms with Crippen LogP contribution in [0.1, 0.15) is 28.2 Å². The van der Waals surface area contributed by atoms with Crippen LogP contribution in [-0.2, 0) is 6.42 Å². The molecule has 0 fully saturated rings. The van der Waals surface area contributed by atoms with E-state index in [9.17, 15) is 9.59 Å². The first-order chi connectivity index (χ1) is 11.1. The fourth-order valence-corrected chi connectivity index (χ4v) is 2.43. The van der Waals surface area contributed by atoms with Gasteiger partial charge in [0.1, 0.15) is 0 Å². The van der Waals surface area contributed by atoms with Crippen LogP contribution in [0, 0.1) is 6.92 Å². The van der Waals surface area contributed by atoms with E-state index in [0.717, 1.165) is 12.8 Å². The maximum atomic E-state index is 12.2. The number of aryl methyl sites for hydroxylation is 2. The van der Waals surface area contributed by atoms with Crippen LogP contribution in [0.25, 0.3) is 5.52 Å². The number of aromatic nitrogens is 4. The van der Waals surface area contributed by atoms with Gasteiger partial charge in [0, 0.05) is 12.2 Å². The van der Waals surface area contributed by atoms with E-state index < -0.39 is 0 Å². The Labute approximate surface area is 132 Å². The van der Waals surface area contributed by atoms with Gasteiger partial charge >= 0.3 is 0 Å². The van der Waals surface area contributed by atoms with E-state index >= 15 is 0 Å². The molecule has 7 heteroatoms. The summed E-state index contributed by atoms with van der Waals surface area (Å²) in [6, 6.07) is 10.1. The van der Waals surface area contributed by atoms with Crippen LogP contribution in [0.2, 0.25) is 0 Å². The second-order valence-corrected chi connectivity index (χ2v) is 5.34. The summed E-state index contributed by atoms with van der Waals surface area (Å²) in [5, 5.41) is 10.4. The molecular formula is C16H17N5O2. The lowest BCUT2D eigenvalue weighted by molar-refractivity contribution is 0.0949. The van der Waals surface area contributed by atoms with Gasteiger partial charge in [0.15, 0.2) is 11.2 Å². The number of carbonyl (C=O) groups is 1. The molecular weight excluding hydrogens is 294 g/mol. The highest BCUT2D eigenvalue weighted by atomic mass is 16.2. The quantitative estimate of drug-likeness (QED) is 0.690. The molecule has 0 aliphatic carbocycles. The van der Waals surface area contributed by atoms with Gasteiger partial charge in [-0.25, -0.2) is 4.52 Å². The zero-order valence-corrected chi connectivity index (χ0v) is 12.7. The summed E-state index contributed by atoms with van der Waals surface area (Å²) in [4.78, 5) is 26.8. The van der Waals surface area contributed by atoms with Crippen LogP contribution in [0.3, 0.4) is 0 Å². The van der Waals surface area contributed by atoms with Gasteiger partial charge in [-0.05, 0) is 25.3 Å². The molecule has 0 atom stereocenters. The normalized spacial score (nSPS) is 10.8. The van der Waals surface area contributed by atoms with E-state index in [1.165, 1.54) is 10.1 Å². The first-order valence-corrected chi connectivity index (χ1v) is 7.42. The first kappa shape index (κ1) is 15.0. The summed E-state index contributed by atoms with van der Waals surface area (Å²) in [6.07, 6.45) is 3.31. The van der Waals surface area contributed by atoms with E-state index in [-0.39, 0.29) is 22.7 Å². The minimum atomic E-state index is -0.387. The van der Waals surface area contributed by atoms with Crippen LogP contribution >= 0.6 is 0 Å². The third-order valence-electron chi connectivity index (χ3n) is 3.52. The maximum absolute atomic E-state index is 12.2. The third kappa shape index (κ3) is 3.28. The van der Waals surface area contributed by atoms with Crippen molar-refractivity contribution in [2.75, 3.05) is 6.54 Å². The minimum Gasteiger partial charge on any atom is -0.351 e. The van der Waals surface area contributed by atoms with Crippen LogP contribution in [-0.4, -0.2) is 32.3 Å². The monoisotopic (exact) mass is 311 g/mol. The molecule has 2 aromatic heterocycles. The third-order valence-corrected chi connectivity index (χ3v) is 3.52. The average Bonchev–Trinajstić information content (AvgIpc) is 2.96. The van der Waals surface area contributed by atoms with Gasteiger partial charge in [-0.3, -0.25) is 9.59 Å². The molecule has 0 aliphatic rings. The number of benzene rings is 1. The average molecular weight is 311 g/mol. The molecule has 3 aromatic rings. The summed E-state index contributed by atoms with van der Waals surface area (Å²) in [7, 11) is 0. The Balaban J connectivity index is 1.64. The highest BCUT2D eigenvalue weighted by molar-refractivity contribution is 5.98. The predicted octanol–water partition coefficient (Wildman–Crippen LogP) is 1.09. The molecule has 1 amide bonds. The van der Waals surface area contributed by atoms with Gasteiger partial charge in [-0.15, -0.1) is 5.10 Å². The number of hydrogen-bond acceptors (Lipinski definition) is 4. The number of nitrogens with zero attached hydrogens (tertiary/aromatic N) is 3. The minimum absolute atomic E-state index is 0.0472. The van der Waals surface area contributed by atoms with Crippen molar-refractivity contribution in [3.8, 4) is 0 Å². The molecule has 0 unspecified atom stereocenters. The second-order valence-electron chi connectivity index (χ2n) is 5.34. The maximum Gasteiger partial charge on any atom is 0.276 e. The van der Waals surface area contributed by atoms with Crippen LogP contribution in [0.15, 0.2) is 41.3 Å². The van der Waals surface area contributed by atoms with Gasteiger partial charge in [0.05, 0.1) is 6.20 Å². The number of H-pyrrole nitrogens is 1. The molecule has 2 N–H and O–H groups in total. The SMILES string of the molecule is Cc1cn2nnc(C(=O)NCCCc3ccccc3)c2c(=O)[nH]1. The summed E-state index contributed by atoms with van der Waals surface area (Å²) in [5.41, 5.74) is 1.72. The number of hydrogen-bond donors (Lipinski definition) is 2. The molecule has 23 heavy (non-hydrogen) atoms. The molecule has 3 rings (SSSR count). The van der Waals surface area contributed by atoms with Gasteiger partial charge in [0.2, 0.25) is 0 Å². The molecule has 0 spiro atoms. The Morgan fingerprint density at radius 1 is 1.30 bits per heavy atom. The number of rotatable bonds is 5. The smallest absolute Gasteiger partial charge is 0.276 e. The number of amides is 1. The van der Waals surface area contributed by atoms with Crippen molar-refractivity contribution < 1.29 is 4.79 Å². The molecule has 0 aliphatic heterocycles. The summed E-state index contributed by atoms with van der Waals surface area (Å²) in [6.45, 7) is 2.25. The second kappa shape index (κ2) is 6.43. The summed E-state index contributed by atoms with van der Waals surface area (Å²) >= 11 is 0. The molecule has 118 valence electrons. The van der Waals surface area contributed by atoms with E-state index in [4.69, 9.17) is 0 Å². The van der Waals surface area contributed by atoms with Gasteiger partial charge in [-0.1, -0.05) is 35.5 Å². The number of fused-ring (bicyclic) bond motifs is 1. The van der Waals surface area contributed by atoms with Gasteiger partial charge in [0.25, 0.3) is 11.5 Å². The predicted molar refractivity (Wildman–Crippen MR) is 85.4 cm³/mol. The van der Waals surface area contributed by atoms with Crippen LogP contribution in [0.5, 0.6) is 0 Å². The van der Waals surface area contributed by atoms with E-state index in [2.05, 4.69) is 32.7 Å². The summed E-state index contributed by atoms with van der Waals surface area (Å²) < 4.78 is 1.33. The Morgan fingerprint density at radius 3 is 2.87 bits per heavy atom. The number of carbonyl (C=O) groups excluding carboxylic acids is 1. The number of nitrogens with one attached hydrogen (secondary N) is 2. The molecule has 0 saturated carbocycles. The lowest BCUT2D eigenvalue weighted by Crippen LogP contribution is -2.26. The largest absolute Gasteiger partial charge is 0.351 e. The van der Waals surface area contributed by atoms with E-state index in [1.54, 1.807) is 13.1 Å². The topological polar surface area (TPSA) is 92.2 Å². The molecule has 7 nitrogen and oxygen atoms in total. The van der Waals surface area contributed by atoms with Crippen molar-refractivity contribution in [2.45, 2.75) is 19.8 Å². The van der Waals surface area contributed by atoms with Crippen molar-refractivity contribution in [3.63, 3.8) is 0 Å². The van der Waals surface area contributed by atoms with Crippen molar-refractivity contribution in [1.29, 1.82) is 0 Å². The Bertz CT molecular complexity index is 882.